The summed E-state index contributed by atoms with van der Waals surface area (Å²) in [6.07, 6.45) is 3.11. The van der Waals surface area contributed by atoms with Crippen LogP contribution in [0, 0.1) is 0 Å². The van der Waals surface area contributed by atoms with Gasteiger partial charge in [-0.2, -0.15) is 0 Å². The summed E-state index contributed by atoms with van der Waals surface area (Å²) in [6, 6.07) is 0. The van der Waals surface area contributed by atoms with Gasteiger partial charge in [-0.1, -0.05) is 5.21 Å². The maximum Gasteiger partial charge on any atom is 0.0964 e. The van der Waals surface area contributed by atoms with Crippen LogP contribution in [0.15, 0.2) is 6.20 Å². The van der Waals surface area contributed by atoms with Gasteiger partial charge in [-0.05, 0) is 19.5 Å². The molecule has 1 saturated heterocycles. The summed E-state index contributed by atoms with van der Waals surface area (Å²) in [7, 11) is 1.88. The molecule has 1 N–H and O–H groups in total. The van der Waals surface area contributed by atoms with Crippen LogP contribution in [0.5, 0.6) is 0 Å². The summed E-state index contributed by atoms with van der Waals surface area (Å²) in [6.45, 7) is 6.89. The standard InChI is InChI=1S/C11H21N5O/c1-15-10-11(13-14-15)9-12-3-2-4-16-5-7-17-8-6-16/h10,12H,2-9H2,1H3. The first-order valence-electron chi connectivity index (χ1n) is 6.20. The van der Waals surface area contributed by atoms with Crippen LogP contribution in [0.1, 0.15) is 12.1 Å². The van der Waals surface area contributed by atoms with E-state index in [1.165, 1.54) is 6.42 Å². The number of ether oxygens (including phenoxy) is 1. The van der Waals surface area contributed by atoms with Crippen molar-refractivity contribution in [2.24, 2.45) is 7.05 Å². The predicted octanol–water partition coefficient (Wildman–Crippen LogP) is -0.373. The van der Waals surface area contributed by atoms with E-state index in [9.17, 15) is 0 Å². The lowest BCUT2D eigenvalue weighted by atomic mass is 10.3. The van der Waals surface area contributed by atoms with E-state index in [0.29, 0.717) is 0 Å². The van der Waals surface area contributed by atoms with Crippen molar-refractivity contribution in [3.05, 3.63) is 11.9 Å². The highest BCUT2D eigenvalue weighted by Gasteiger charge is 2.08. The molecule has 1 aromatic rings. The molecule has 1 aliphatic rings. The number of aryl methyl sites for hydroxylation is 1. The van der Waals surface area contributed by atoms with Gasteiger partial charge in [-0.25, -0.2) is 0 Å². The minimum absolute atomic E-state index is 0.803. The number of nitrogens with zero attached hydrogens (tertiary/aromatic N) is 4. The van der Waals surface area contributed by atoms with Gasteiger partial charge in [0.15, 0.2) is 0 Å². The minimum atomic E-state index is 0.803. The molecule has 0 amide bonds. The molecule has 0 atom stereocenters. The Morgan fingerprint density at radius 3 is 2.94 bits per heavy atom. The average molecular weight is 239 g/mol. The summed E-state index contributed by atoms with van der Waals surface area (Å²) in [4.78, 5) is 2.45. The number of hydrogen-bond donors (Lipinski definition) is 1. The molecule has 0 aromatic carbocycles. The Hall–Kier alpha value is -0.980. The van der Waals surface area contributed by atoms with Gasteiger partial charge >= 0.3 is 0 Å². The Bertz CT molecular complexity index is 321. The molecule has 6 nitrogen and oxygen atoms in total. The van der Waals surface area contributed by atoms with Crippen molar-refractivity contribution in [3.63, 3.8) is 0 Å². The number of aromatic nitrogens is 3. The summed E-state index contributed by atoms with van der Waals surface area (Å²) in [5, 5.41) is 11.3. The normalized spacial score (nSPS) is 17.5. The Morgan fingerprint density at radius 2 is 2.24 bits per heavy atom. The van der Waals surface area contributed by atoms with Crippen molar-refractivity contribution in [2.75, 3.05) is 39.4 Å². The number of morpholine rings is 1. The molecule has 0 aliphatic carbocycles. The Labute approximate surface area is 102 Å². The van der Waals surface area contributed by atoms with E-state index in [2.05, 4.69) is 20.5 Å². The molecule has 6 heteroatoms. The smallest absolute Gasteiger partial charge is 0.0964 e. The zero-order valence-electron chi connectivity index (χ0n) is 10.4. The molecule has 1 fully saturated rings. The number of rotatable bonds is 6. The van der Waals surface area contributed by atoms with Crippen LogP contribution in [-0.4, -0.2) is 59.3 Å². The van der Waals surface area contributed by atoms with Crippen molar-refractivity contribution in [1.82, 2.24) is 25.2 Å². The molecule has 17 heavy (non-hydrogen) atoms. The van der Waals surface area contributed by atoms with Gasteiger partial charge in [0.05, 0.1) is 18.9 Å². The monoisotopic (exact) mass is 239 g/mol. The summed E-state index contributed by atoms with van der Waals surface area (Å²) in [5.41, 5.74) is 0.999. The van der Waals surface area contributed by atoms with Crippen molar-refractivity contribution < 1.29 is 4.74 Å². The fraction of sp³-hybridized carbons (Fsp3) is 0.818. The van der Waals surface area contributed by atoms with Crippen molar-refractivity contribution in [1.29, 1.82) is 0 Å². The molecule has 96 valence electrons. The second-order valence-corrected chi connectivity index (χ2v) is 4.37. The SMILES string of the molecule is Cn1cc(CNCCCN2CCOCC2)nn1. The molecule has 0 saturated carbocycles. The summed E-state index contributed by atoms with van der Waals surface area (Å²) < 4.78 is 7.04. The fourth-order valence-electron chi connectivity index (χ4n) is 1.95. The van der Waals surface area contributed by atoms with E-state index >= 15 is 0 Å². The maximum atomic E-state index is 5.31. The van der Waals surface area contributed by atoms with E-state index in [1.807, 2.05) is 13.2 Å². The van der Waals surface area contributed by atoms with Gasteiger partial charge in [0.25, 0.3) is 0 Å². The molecule has 0 bridgehead atoms. The second-order valence-electron chi connectivity index (χ2n) is 4.37. The molecule has 0 radical (unpaired) electrons. The average Bonchev–Trinajstić information content (AvgIpc) is 2.76. The van der Waals surface area contributed by atoms with E-state index in [1.54, 1.807) is 4.68 Å². The zero-order valence-corrected chi connectivity index (χ0v) is 10.4. The Morgan fingerprint density at radius 1 is 1.41 bits per heavy atom. The highest BCUT2D eigenvalue weighted by molar-refractivity contribution is 4.90. The van der Waals surface area contributed by atoms with Crippen molar-refractivity contribution in [3.8, 4) is 0 Å². The molecule has 0 unspecified atom stereocenters. The Balaban J connectivity index is 1.51. The van der Waals surface area contributed by atoms with Crippen LogP contribution < -0.4 is 5.32 Å². The Kier molecular flexibility index (Phi) is 4.90. The number of hydrogen-bond acceptors (Lipinski definition) is 5. The predicted molar refractivity (Wildman–Crippen MR) is 64.6 cm³/mol. The van der Waals surface area contributed by atoms with Crippen LogP contribution in [0.25, 0.3) is 0 Å². The quantitative estimate of drug-likeness (QED) is 0.686. The first kappa shape index (κ1) is 12.5. The lowest BCUT2D eigenvalue weighted by Crippen LogP contribution is -2.37. The summed E-state index contributed by atoms with van der Waals surface area (Å²) in [5.74, 6) is 0. The van der Waals surface area contributed by atoms with Gasteiger partial charge in [0, 0.05) is 32.9 Å². The van der Waals surface area contributed by atoms with E-state index < -0.39 is 0 Å². The van der Waals surface area contributed by atoms with Crippen LogP contribution in [0.4, 0.5) is 0 Å². The van der Waals surface area contributed by atoms with E-state index in [-0.39, 0.29) is 0 Å². The zero-order chi connectivity index (χ0) is 11.9. The largest absolute Gasteiger partial charge is 0.379 e. The van der Waals surface area contributed by atoms with Crippen LogP contribution in [0.2, 0.25) is 0 Å². The lowest BCUT2D eigenvalue weighted by Gasteiger charge is -2.26. The summed E-state index contributed by atoms with van der Waals surface area (Å²) >= 11 is 0. The van der Waals surface area contributed by atoms with Gasteiger partial charge in [0.2, 0.25) is 0 Å². The maximum absolute atomic E-state index is 5.31. The minimum Gasteiger partial charge on any atom is -0.379 e. The third kappa shape index (κ3) is 4.41. The highest BCUT2D eigenvalue weighted by Crippen LogP contribution is 1.97. The van der Waals surface area contributed by atoms with Gasteiger partial charge in [-0.3, -0.25) is 9.58 Å². The van der Waals surface area contributed by atoms with Gasteiger partial charge in [-0.15, -0.1) is 5.10 Å². The first-order chi connectivity index (χ1) is 8.34. The van der Waals surface area contributed by atoms with E-state index in [0.717, 1.165) is 51.6 Å². The number of nitrogens with one attached hydrogen (secondary N) is 1. The van der Waals surface area contributed by atoms with E-state index in [4.69, 9.17) is 4.74 Å². The third-order valence-corrected chi connectivity index (χ3v) is 2.89. The van der Waals surface area contributed by atoms with Crippen LogP contribution in [-0.2, 0) is 18.3 Å². The van der Waals surface area contributed by atoms with Crippen molar-refractivity contribution >= 4 is 0 Å². The van der Waals surface area contributed by atoms with Crippen molar-refractivity contribution in [2.45, 2.75) is 13.0 Å². The van der Waals surface area contributed by atoms with Crippen LogP contribution in [0.3, 0.4) is 0 Å². The molecule has 2 rings (SSSR count). The molecule has 1 aromatic heterocycles. The molecule has 1 aliphatic heterocycles. The topological polar surface area (TPSA) is 55.2 Å². The third-order valence-electron chi connectivity index (χ3n) is 2.89. The molecule has 0 spiro atoms. The lowest BCUT2D eigenvalue weighted by molar-refractivity contribution is 0.0374. The van der Waals surface area contributed by atoms with Gasteiger partial charge in [0.1, 0.15) is 0 Å². The molecular formula is C11H21N5O. The molecular weight excluding hydrogens is 218 g/mol. The fourth-order valence-corrected chi connectivity index (χ4v) is 1.95. The second kappa shape index (κ2) is 6.68. The van der Waals surface area contributed by atoms with Crippen LogP contribution >= 0.6 is 0 Å². The first-order valence-corrected chi connectivity index (χ1v) is 6.20. The molecule has 2 heterocycles. The highest BCUT2D eigenvalue weighted by atomic mass is 16.5. The van der Waals surface area contributed by atoms with Gasteiger partial charge < -0.3 is 10.1 Å².